The fourth-order valence-electron chi connectivity index (χ4n) is 3.43. The lowest BCUT2D eigenvalue weighted by Gasteiger charge is -2.30. The fourth-order valence-corrected chi connectivity index (χ4v) is 4.72. The van der Waals surface area contributed by atoms with E-state index in [0.717, 1.165) is 35.9 Å². The number of aromatic nitrogens is 1. The van der Waals surface area contributed by atoms with Crippen molar-refractivity contribution in [2.24, 2.45) is 0 Å². The van der Waals surface area contributed by atoms with E-state index >= 15 is 0 Å². The predicted octanol–water partition coefficient (Wildman–Crippen LogP) is 4.97. The Balaban J connectivity index is 1.53. The number of ether oxygens (including phenoxy) is 3. The van der Waals surface area contributed by atoms with Crippen LogP contribution in [-0.2, 0) is 9.53 Å². The maximum Gasteiger partial charge on any atom is 0.274 e. The zero-order valence-corrected chi connectivity index (χ0v) is 18.9. The summed E-state index contributed by atoms with van der Waals surface area (Å²) in [5.41, 5.74) is 0.827. The van der Waals surface area contributed by atoms with Crippen molar-refractivity contribution in [2.45, 2.75) is 77.7 Å². The van der Waals surface area contributed by atoms with Crippen LogP contribution in [0.3, 0.4) is 0 Å². The number of rotatable bonds is 8. The zero-order valence-electron chi connectivity index (χ0n) is 17.4. The molecule has 1 aromatic carbocycles. The molecule has 1 aliphatic carbocycles. The number of amides is 1. The molecule has 8 heteroatoms. The van der Waals surface area contributed by atoms with Gasteiger partial charge in [0.15, 0.2) is 0 Å². The van der Waals surface area contributed by atoms with E-state index in [9.17, 15) is 4.79 Å². The molecule has 0 unspecified atom stereocenters. The normalized spacial score (nSPS) is 20.6. The van der Waals surface area contributed by atoms with Crippen LogP contribution < -0.4 is 14.8 Å². The molecule has 1 fully saturated rings. The largest absolute Gasteiger partial charge is 0.489 e. The summed E-state index contributed by atoms with van der Waals surface area (Å²) in [6.45, 7) is 7.95. The minimum Gasteiger partial charge on any atom is -0.489 e. The summed E-state index contributed by atoms with van der Waals surface area (Å²) >= 11 is 8.04. The molecular formula is C21H29ClN2O4S. The van der Waals surface area contributed by atoms with E-state index in [4.69, 9.17) is 25.8 Å². The van der Waals surface area contributed by atoms with Gasteiger partial charge in [-0.05, 0) is 58.6 Å². The third-order valence-corrected chi connectivity index (χ3v) is 6.19. The van der Waals surface area contributed by atoms with Gasteiger partial charge in [0, 0.05) is 13.0 Å². The highest BCUT2D eigenvalue weighted by Gasteiger charge is 2.25. The first-order chi connectivity index (χ1) is 13.8. The van der Waals surface area contributed by atoms with Gasteiger partial charge in [-0.3, -0.25) is 4.79 Å². The van der Waals surface area contributed by atoms with Crippen LogP contribution in [0.5, 0.6) is 10.9 Å². The summed E-state index contributed by atoms with van der Waals surface area (Å²) in [5, 5.41) is 4.06. The van der Waals surface area contributed by atoms with Gasteiger partial charge in [-0.15, -0.1) is 0 Å². The quantitative estimate of drug-likeness (QED) is 0.627. The molecule has 2 aromatic rings. The number of carbonyl (C=O) groups excluding carboxylic acids is 1. The summed E-state index contributed by atoms with van der Waals surface area (Å²) < 4.78 is 18.7. The number of halogens is 1. The fraction of sp³-hybridized carbons (Fsp3) is 0.619. The second-order valence-electron chi connectivity index (χ2n) is 7.82. The molecule has 1 aromatic heterocycles. The first kappa shape index (κ1) is 22.1. The Morgan fingerprint density at radius 3 is 2.59 bits per heavy atom. The lowest BCUT2D eigenvalue weighted by atomic mass is 9.95. The molecule has 1 amide bonds. The summed E-state index contributed by atoms with van der Waals surface area (Å²) in [4.78, 5) is 15.6. The minimum absolute atomic E-state index is 0.0241. The van der Waals surface area contributed by atoms with Crippen molar-refractivity contribution >= 4 is 39.1 Å². The highest BCUT2D eigenvalue weighted by Crippen LogP contribution is 2.40. The Hall–Kier alpha value is -1.57. The van der Waals surface area contributed by atoms with Gasteiger partial charge in [-0.1, -0.05) is 22.9 Å². The Kier molecular flexibility index (Phi) is 7.60. The number of benzene rings is 1. The number of thiazole rings is 1. The first-order valence-electron chi connectivity index (χ1n) is 10.1. The molecular weight excluding hydrogens is 412 g/mol. The topological polar surface area (TPSA) is 69.7 Å². The van der Waals surface area contributed by atoms with Crippen molar-refractivity contribution in [3.63, 3.8) is 0 Å². The lowest BCUT2D eigenvalue weighted by Crippen LogP contribution is -2.36. The first-order valence-corrected chi connectivity index (χ1v) is 11.3. The maximum absolute atomic E-state index is 11.1. The predicted molar refractivity (Wildman–Crippen MR) is 116 cm³/mol. The molecule has 160 valence electrons. The molecule has 0 saturated heterocycles. The smallest absolute Gasteiger partial charge is 0.274 e. The van der Waals surface area contributed by atoms with Crippen LogP contribution in [0.2, 0.25) is 5.02 Å². The minimum atomic E-state index is -0.0316. The Bertz CT molecular complexity index is 833. The van der Waals surface area contributed by atoms with Crippen LogP contribution in [0, 0.1) is 0 Å². The number of nitrogens with one attached hydrogen (secondary N) is 1. The number of fused-ring (bicyclic) bond motifs is 1. The van der Waals surface area contributed by atoms with Gasteiger partial charge in [-0.2, -0.15) is 0 Å². The van der Waals surface area contributed by atoms with Gasteiger partial charge in [-0.25, -0.2) is 4.98 Å². The van der Waals surface area contributed by atoms with E-state index in [1.54, 1.807) is 0 Å². The highest BCUT2D eigenvalue weighted by molar-refractivity contribution is 7.20. The van der Waals surface area contributed by atoms with Crippen molar-refractivity contribution in [1.82, 2.24) is 10.3 Å². The van der Waals surface area contributed by atoms with Gasteiger partial charge >= 0.3 is 0 Å². The molecule has 1 heterocycles. The second-order valence-corrected chi connectivity index (χ2v) is 9.16. The third-order valence-electron chi connectivity index (χ3n) is 4.72. The molecule has 0 spiro atoms. The van der Waals surface area contributed by atoms with E-state index in [1.165, 1.54) is 18.3 Å². The van der Waals surface area contributed by atoms with Gasteiger partial charge in [0.05, 0.1) is 35.1 Å². The number of nitrogens with zero attached hydrogens (tertiary/aromatic N) is 1. The Morgan fingerprint density at radius 1 is 1.24 bits per heavy atom. The standard InChI is InChI=1S/C21H29ClN2O4S/c1-12(2)27-21-24-17-9-10-18(19(22)20(17)29-21)28-16-7-5-15(6-8-16)26-11-13(3)23-14(4)25/h9-10,12-13,15-16H,5-8,11H2,1-4H3,(H,23,25)/t13-,15?,16?/m0/s1. The molecule has 0 aliphatic heterocycles. The summed E-state index contributed by atoms with van der Waals surface area (Å²) in [5.74, 6) is 0.665. The second kappa shape index (κ2) is 9.96. The van der Waals surface area contributed by atoms with Gasteiger partial charge in [0.2, 0.25) is 5.91 Å². The highest BCUT2D eigenvalue weighted by atomic mass is 35.5. The molecule has 1 N–H and O–H groups in total. The third kappa shape index (κ3) is 6.20. The van der Waals surface area contributed by atoms with Gasteiger partial charge < -0.3 is 19.5 Å². The number of carbonyl (C=O) groups is 1. The Labute approximate surface area is 180 Å². The molecule has 1 saturated carbocycles. The van der Waals surface area contributed by atoms with Gasteiger partial charge in [0.25, 0.3) is 5.19 Å². The van der Waals surface area contributed by atoms with Crippen molar-refractivity contribution in [3.05, 3.63) is 17.2 Å². The SMILES string of the molecule is CC(=O)N[C@@H](C)COC1CCC(Oc2ccc3nc(OC(C)C)sc3c2Cl)CC1. The van der Waals surface area contributed by atoms with Crippen LogP contribution in [-0.4, -0.2) is 41.9 Å². The van der Waals surface area contributed by atoms with E-state index in [1.807, 2.05) is 32.9 Å². The molecule has 1 atom stereocenters. The van der Waals surface area contributed by atoms with E-state index < -0.39 is 0 Å². The zero-order chi connectivity index (χ0) is 21.0. The summed E-state index contributed by atoms with van der Waals surface area (Å²) in [6.07, 6.45) is 4.10. The molecule has 0 radical (unpaired) electrons. The molecule has 1 aliphatic rings. The van der Waals surface area contributed by atoms with Crippen LogP contribution in [0.15, 0.2) is 12.1 Å². The van der Waals surface area contributed by atoms with Crippen LogP contribution in [0.4, 0.5) is 0 Å². The monoisotopic (exact) mass is 440 g/mol. The van der Waals surface area contributed by atoms with Crippen LogP contribution in [0.25, 0.3) is 10.2 Å². The summed E-state index contributed by atoms with van der Waals surface area (Å²) in [6, 6.07) is 3.84. The van der Waals surface area contributed by atoms with E-state index in [0.29, 0.717) is 22.6 Å². The van der Waals surface area contributed by atoms with Crippen molar-refractivity contribution in [3.8, 4) is 10.9 Å². The molecule has 0 bridgehead atoms. The number of hydrogen-bond donors (Lipinski definition) is 1. The van der Waals surface area contributed by atoms with Crippen molar-refractivity contribution in [1.29, 1.82) is 0 Å². The molecule has 6 nitrogen and oxygen atoms in total. The Morgan fingerprint density at radius 2 is 1.93 bits per heavy atom. The van der Waals surface area contributed by atoms with Gasteiger partial charge in [0.1, 0.15) is 10.8 Å². The summed E-state index contributed by atoms with van der Waals surface area (Å²) in [7, 11) is 0. The number of hydrogen-bond acceptors (Lipinski definition) is 6. The van der Waals surface area contributed by atoms with Crippen LogP contribution in [0.1, 0.15) is 53.4 Å². The van der Waals surface area contributed by atoms with Crippen molar-refractivity contribution in [2.75, 3.05) is 6.61 Å². The van der Waals surface area contributed by atoms with E-state index in [2.05, 4.69) is 10.3 Å². The van der Waals surface area contributed by atoms with E-state index in [-0.39, 0.29) is 30.3 Å². The average molecular weight is 441 g/mol. The van der Waals surface area contributed by atoms with Crippen molar-refractivity contribution < 1.29 is 19.0 Å². The maximum atomic E-state index is 11.1. The molecule has 29 heavy (non-hydrogen) atoms. The average Bonchev–Trinajstić information content (AvgIpc) is 3.05. The molecule has 3 rings (SSSR count). The van der Waals surface area contributed by atoms with Crippen LogP contribution >= 0.6 is 22.9 Å². The lowest BCUT2D eigenvalue weighted by molar-refractivity contribution is -0.120.